The molecule has 0 aliphatic carbocycles. The number of rotatable bonds is 3. The van der Waals surface area contributed by atoms with Crippen LogP contribution in [0.25, 0.3) is 0 Å². The van der Waals surface area contributed by atoms with Crippen molar-refractivity contribution in [1.29, 1.82) is 0 Å². The molecule has 2 heterocycles. The van der Waals surface area contributed by atoms with E-state index in [-0.39, 0.29) is 5.91 Å². The average Bonchev–Trinajstić information content (AvgIpc) is 2.89. The second-order valence-corrected chi connectivity index (χ2v) is 4.94. The predicted octanol–water partition coefficient (Wildman–Crippen LogP) is 2.16. The third-order valence-corrected chi connectivity index (χ3v) is 3.56. The normalized spacial score (nSPS) is 22.4. The molecule has 1 aromatic carbocycles. The van der Waals surface area contributed by atoms with Crippen molar-refractivity contribution < 1.29 is 9.53 Å². The molecule has 1 unspecified atom stereocenters. The summed E-state index contributed by atoms with van der Waals surface area (Å²) >= 11 is 0. The van der Waals surface area contributed by atoms with Gasteiger partial charge in [0.1, 0.15) is 0 Å². The van der Waals surface area contributed by atoms with E-state index in [1.165, 1.54) is 12.0 Å². The number of hydrogen-bond acceptors (Lipinski definition) is 3. The van der Waals surface area contributed by atoms with E-state index in [2.05, 4.69) is 16.7 Å². The highest BCUT2D eigenvalue weighted by Gasteiger charge is 2.17. The second kappa shape index (κ2) is 4.98. The third kappa shape index (κ3) is 2.48. The molecule has 4 heteroatoms. The van der Waals surface area contributed by atoms with E-state index in [0.29, 0.717) is 12.5 Å². The Balaban J connectivity index is 1.64. The molecule has 1 amide bonds. The Morgan fingerprint density at radius 3 is 3.17 bits per heavy atom. The molecule has 0 spiro atoms. The molecule has 1 aromatic rings. The molecule has 0 aromatic heterocycles. The summed E-state index contributed by atoms with van der Waals surface area (Å²) < 4.78 is 5.58. The zero-order valence-electron chi connectivity index (χ0n) is 10.4. The third-order valence-electron chi connectivity index (χ3n) is 3.56. The highest BCUT2D eigenvalue weighted by molar-refractivity contribution is 5.94. The zero-order valence-corrected chi connectivity index (χ0v) is 10.4. The van der Waals surface area contributed by atoms with Crippen LogP contribution in [-0.4, -0.2) is 25.2 Å². The summed E-state index contributed by atoms with van der Waals surface area (Å²) in [5, 5.41) is 6.30. The van der Waals surface area contributed by atoms with Crippen LogP contribution in [0.2, 0.25) is 0 Å². The van der Waals surface area contributed by atoms with Gasteiger partial charge in [-0.3, -0.25) is 4.79 Å². The monoisotopic (exact) mass is 246 g/mol. The minimum Gasteiger partial charge on any atom is -0.382 e. The maximum absolute atomic E-state index is 11.3. The van der Waals surface area contributed by atoms with Crippen LogP contribution in [0.1, 0.15) is 24.8 Å². The lowest BCUT2D eigenvalue weighted by molar-refractivity contribution is -0.116. The molecule has 18 heavy (non-hydrogen) atoms. The maximum Gasteiger partial charge on any atom is 0.224 e. The Hall–Kier alpha value is -1.55. The molecule has 0 bridgehead atoms. The van der Waals surface area contributed by atoms with Crippen molar-refractivity contribution in [1.82, 2.24) is 0 Å². The summed E-state index contributed by atoms with van der Waals surface area (Å²) in [5.74, 6) is 0.113. The summed E-state index contributed by atoms with van der Waals surface area (Å²) in [6.45, 7) is 1.76. The maximum atomic E-state index is 11.3. The minimum atomic E-state index is 0.113. The van der Waals surface area contributed by atoms with Crippen LogP contribution < -0.4 is 10.6 Å². The van der Waals surface area contributed by atoms with Gasteiger partial charge in [0.15, 0.2) is 0 Å². The van der Waals surface area contributed by atoms with Crippen molar-refractivity contribution in [2.24, 2.45) is 0 Å². The number of fused-ring (bicyclic) bond motifs is 1. The number of benzene rings is 1. The van der Waals surface area contributed by atoms with E-state index >= 15 is 0 Å². The van der Waals surface area contributed by atoms with E-state index in [1.54, 1.807) is 0 Å². The van der Waals surface area contributed by atoms with Gasteiger partial charge in [-0.25, -0.2) is 0 Å². The lowest BCUT2D eigenvalue weighted by atomic mass is 10.0. The Kier molecular flexibility index (Phi) is 3.19. The van der Waals surface area contributed by atoms with Gasteiger partial charge in [-0.05, 0) is 43.0 Å². The molecule has 1 atom stereocenters. The number of carbonyl (C=O) groups excluding carboxylic acids is 1. The molecule has 0 saturated carbocycles. The fraction of sp³-hybridized carbons (Fsp3) is 0.500. The van der Waals surface area contributed by atoms with Crippen molar-refractivity contribution in [3.8, 4) is 0 Å². The predicted molar refractivity (Wildman–Crippen MR) is 70.9 cm³/mol. The summed E-state index contributed by atoms with van der Waals surface area (Å²) in [5.41, 5.74) is 3.28. The number of carbonyl (C=O) groups is 1. The van der Waals surface area contributed by atoms with Crippen molar-refractivity contribution in [3.63, 3.8) is 0 Å². The van der Waals surface area contributed by atoms with Gasteiger partial charge in [-0.1, -0.05) is 0 Å². The fourth-order valence-corrected chi connectivity index (χ4v) is 2.53. The van der Waals surface area contributed by atoms with E-state index < -0.39 is 0 Å². The summed E-state index contributed by atoms with van der Waals surface area (Å²) in [7, 11) is 0. The smallest absolute Gasteiger partial charge is 0.224 e. The molecule has 2 aliphatic heterocycles. The molecular weight excluding hydrogens is 228 g/mol. The quantitative estimate of drug-likeness (QED) is 0.859. The highest BCUT2D eigenvalue weighted by atomic mass is 16.5. The average molecular weight is 246 g/mol. The Morgan fingerprint density at radius 2 is 2.33 bits per heavy atom. The minimum absolute atomic E-state index is 0.113. The van der Waals surface area contributed by atoms with Gasteiger partial charge in [0.2, 0.25) is 5.91 Å². The molecule has 2 aliphatic rings. The highest BCUT2D eigenvalue weighted by Crippen LogP contribution is 2.25. The topological polar surface area (TPSA) is 50.4 Å². The SMILES string of the molecule is O=C1CCc2cc(NCC3CCCO3)ccc2N1. The van der Waals surface area contributed by atoms with E-state index in [4.69, 9.17) is 4.74 Å². The molecule has 2 N–H and O–H groups in total. The number of anilines is 2. The first kappa shape index (κ1) is 11.5. The van der Waals surface area contributed by atoms with Gasteiger partial charge in [-0.15, -0.1) is 0 Å². The van der Waals surface area contributed by atoms with Gasteiger partial charge < -0.3 is 15.4 Å². The van der Waals surface area contributed by atoms with Crippen LogP contribution in [0.15, 0.2) is 18.2 Å². The first-order chi connectivity index (χ1) is 8.81. The lowest BCUT2D eigenvalue weighted by Gasteiger charge is -2.18. The lowest BCUT2D eigenvalue weighted by Crippen LogP contribution is -2.20. The summed E-state index contributed by atoms with van der Waals surface area (Å²) in [6, 6.07) is 6.12. The van der Waals surface area contributed by atoms with Gasteiger partial charge in [0.05, 0.1) is 6.10 Å². The van der Waals surface area contributed by atoms with Crippen molar-refractivity contribution in [2.45, 2.75) is 31.8 Å². The molecule has 3 rings (SSSR count). The molecule has 1 fully saturated rings. The van der Waals surface area contributed by atoms with Crippen LogP contribution in [-0.2, 0) is 16.0 Å². The Bertz CT molecular complexity index is 453. The van der Waals surface area contributed by atoms with Gasteiger partial charge in [0.25, 0.3) is 0 Å². The summed E-state index contributed by atoms with van der Waals surface area (Å²) in [4.78, 5) is 11.3. The standard InChI is InChI=1S/C14H18N2O2/c17-14-6-3-10-8-11(4-5-13(10)16-14)15-9-12-2-1-7-18-12/h4-5,8,12,15H,1-3,6-7,9H2,(H,16,17). The van der Waals surface area contributed by atoms with Gasteiger partial charge in [0, 0.05) is 30.9 Å². The molecule has 1 saturated heterocycles. The van der Waals surface area contributed by atoms with Crippen molar-refractivity contribution in [2.75, 3.05) is 23.8 Å². The van der Waals surface area contributed by atoms with Crippen molar-refractivity contribution in [3.05, 3.63) is 23.8 Å². The zero-order chi connectivity index (χ0) is 12.4. The first-order valence-corrected chi connectivity index (χ1v) is 6.59. The van der Waals surface area contributed by atoms with Crippen LogP contribution in [0.5, 0.6) is 0 Å². The van der Waals surface area contributed by atoms with E-state index in [1.807, 2.05) is 12.1 Å². The van der Waals surface area contributed by atoms with Crippen LogP contribution in [0.3, 0.4) is 0 Å². The van der Waals surface area contributed by atoms with Crippen molar-refractivity contribution >= 4 is 17.3 Å². The Labute approximate surface area is 107 Å². The molecule has 4 nitrogen and oxygen atoms in total. The number of hydrogen-bond donors (Lipinski definition) is 2. The van der Waals surface area contributed by atoms with Gasteiger partial charge in [-0.2, -0.15) is 0 Å². The summed E-state index contributed by atoms with van der Waals surface area (Å²) in [6.07, 6.45) is 4.08. The largest absolute Gasteiger partial charge is 0.382 e. The van der Waals surface area contributed by atoms with Crippen LogP contribution >= 0.6 is 0 Å². The first-order valence-electron chi connectivity index (χ1n) is 6.59. The number of ether oxygens (including phenoxy) is 1. The van der Waals surface area contributed by atoms with E-state index in [9.17, 15) is 4.79 Å². The van der Waals surface area contributed by atoms with Crippen LogP contribution in [0.4, 0.5) is 11.4 Å². The fourth-order valence-electron chi connectivity index (χ4n) is 2.53. The second-order valence-electron chi connectivity index (χ2n) is 4.94. The van der Waals surface area contributed by atoms with Gasteiger partial charge >= 0.3 is 0 Å². The Morgan fingerprint density at radius 1 is 1.39 bits per heavy atom. The molecule has 96 valence electrons. The number of nitrogens with one attached hydrogen (secondary N) is 2. The molecular formula is C14H18N2O2. The van der Waals surface area contributed by atoms with Crippen LogP contribution in [0, 0.1) is 0 Å². The number of amides is 1. The number of aryl methyl sites for hydroxylation is 1. The van der Waals surface area contributed by atoms with E-state index in [0.717, 1.165) is 37.4 Å². The molecule has 0 radical (unpaired) electrons.